The van der Waals surface area contributed by atoms with E-state index < -0.39 is 49.4 Å². The van der Waals surface area contributed by atoms with Gasteiger partial charge in [-0.25, -0.2) is 4.98 Å². The van der Waals surface area contributed by atoms with Gasteiger partial charge >= 0.3 is 17.9 Å². The van der Waals surface area contributed by atoms with E-state index in [0.717, 1.165) is 21.8 Å². The highest BCUT2D eigenvalue weighted by Crippen LogP contribution is 2.22. The molecule has 18 nitrogen and oxygen atoms in total. The van der Waals surface area contributed by atoms with Crippen molar-refractivity contribution in [3.05, 3.63) is 78.1 Å². The third-order valence-corrected chi connectivity index (χ3v) is 8.41. The molecule has 0 aliphatic rings. The molecular weight excluding hydrogens is 764 g/mol. The number of nitrogens with two attached hydrogens (primary N) is 1. The Hall–Kier alpha value is -6.07. The van der Waals surface area contributed by atoms with Gasteiger partial charge in [-0.2, -0.15) is 0 Å². The molecule has 0 fully saturated rings. The highest BCUT2D eigenvalue weighted by molar-refractivity contribution is 6.02. The normalized spacial score (nSPS) is 11.0. The van der Waals surface area contributed by atoms with Crippen LogP contribution in [0.2, 0.25) is 0 Å². The third-order valence-electron chi connectivity index (χ3n) is 8.41. The molecule has 0 aliphatic carbocycles. The number of pyridine rings is 2. The number of hydrogen-bond donors (Lipinski definition) is 6. The summed E-state index contributed by atoms with van der Waals surface area (Å²) in [5.74, 6) is 1.69. The van der Waals surface area contributed by atoms with E-state index in [4.69, 9.17) is 20.2 Å². The van der Waals surface area contributed by atoms with Gasteiger partial charge in [0.25, 0.3) is 0 Å². The highest BCUT2D eigenvalue weighted by Gasteiger charge is 2.20. The summed E-state index contributed by atoms with van der Waals surface area (Å²) in [4.78, 5) is 73.7. The largest absolute Gasteiger partial charge is 0.480 e. The molecule has 2 heterocycles. The van der Waals surface area contributed by atoms with Crippen LogP contribution in [0.25, 0.3) is 21.8 Å². The lowest BCUT2D eigenvalue weighted by Gasteiger charge is -2.28. The van der Waals surface area contributed by atoms with Gasteiger partial charge in [0.2, 0.25) is 11.8 Å². The van der Waals surface area contributed by atoms with E-state index in [1.54, 1.807) is 30.5 Å². The second-order valence-electron chi connectivity index (χ2n) is 13.0. The molecule has 0 saturated carbocycles. The molecule has 18 heteroatoms. The second kappa shape index (κ2) is 25.3. The van der Waals surface area contributed by atoms with E-state index in [9.17, 15) is 39.3 Å². The number of carbonyl (C=O) groups excluding carboxylic acids is 2. The van der Waals surface area contributed by atoms with E-state index in [1.165, 1.54) is 14.7 Å². The molecule has 0 radical (unpaired) electrons. The van der Waals surface area contributed by atoms with Gasteiger partial charge < -0.3 is 41.2 Å². The zero-order chi connectivity index (χ0) is 41.7. The number of carbonyl (C=O) groups is 5. The first-order chi connectivity index (χ1) is 28.0. The first-order valence-corrected chi connectivity index (χ1v) is 18.5. The minimum Gasteiger partial charge on any atom is -0.480 e. The molecule has 2 aromatic carbocycles. The van der Waals surface area contributed by atoms with Crippen molar-refractivity contribution in [1.29, 1.82) is 0 Å². The fraction of sp³-hybridized carbons (Fsp3) is 0.390. The Balaban J connectivity index is 0.00000930. The second-order valence-corrected chi connectivity index (χ2v) is 13.0. The number of carboxylic acids is 3. The summed E-state index contributed by atoms with van der Waals surface area (Å²) < 4.78 is 10.6. The number of amides is 2. The summed E-state index contributed by atoms with van der Waals surface area (Å²) >= 11 is 0. The molecule has 2 amide bonds. The molecule has 59 heavy (non-hydrogen) atoms. The lowest BCUT2D eigenvalue weighted by Crippen LogP contribution is -2.47. The molecular formula is C41H52N8O10. The Kier molecular flexibility index (Phi) is 20.3. The number of anilines is 1. The summed E-state index contributed by atoms with van der Waals surface area (Å²) in [5, 5.41) is 35.8. The third kappa shape index (κ3) is 17.5. The van der Waals surface area contributed by atoms with Crippen LogP contribution < -0.4 is 16.4 Å². The standard InChI is InChI=1S/C40H48N8O10.CH4/c41-13-20-57-22-23-58-21-15-42-34(49)24-47(27-37(53)54)18-16-46(26-36(51)52)17-19-48(28-38(55)56)25-35(50)44-32-9-3-29(4-10-32)5-11-33-12-8-31-7-6-30-2-1-14-43-39(30)40(31)45-33;/h1-4,6-10,12,14H,13,15-28,41H2,(H,42,49)(H,44,50)(H,51,52)(H,53,54)(H,55,56);1H4. The number of nitrogens with zero attached hydrogens (tertiary/aromatic N) is 5. The minimum atomic E-state index is -1.19. The molecule has 0 bridgehead atoms. The van der Waals surface area contributed by atoms with Crippen LogP contribution in [-0.4, -0.2) is 168 Å². The fourth-order valence-corrected chi connectivity index (χ4v) is 5.73. The van der Waals surface area contributed by atoms with Crippen molar-refractivity contribution < 1.29 is 48.8 Å². The molecule has 0 unspecified atom stereocenters. The molecule has 4 aromatic rings. The minimum absolute atomic E-state index is 0. The number of carboxylic acid groups (broad SMARTS) is 3. The van der Waals surface area contributed by atoms with Crippen LogP contribution >= 0.6 is 0 Å². The van der Waals surface area contributed by atoms with Gasteiger partial charge in [0, 0.05) is 67.5 Å². The molecule has 4 rings (SSSR count). The van der Waals surface area contributed by atoms with Gasteiger partial charge in [0.1, 0.15) is 5.69 Å². The van der Waals surface area contributed by atoms with Crippen molar-refractivity contribution >= 4 is 57.2 Å². The number of aromatic nitrogens is 2. The van der Waals surface area contributed by atoms with Crippen molar-refractivity contribution in [3.63, 3.8) is 0 Å². The summed E-state index contributed by atoms with van der Waals surface area (Å²) in [6.45, 7) is 0.0607. The highest BCUT2D eigenvalue weighted by atomic mass is 16.5. The van der Waals surface area contributed by atoms with Crippen molar-refractivity contribution in [2.45, 2.75) is 7.43 Å². The molecule has 316 valence electrons. The van der Waals surface area contributed by atoms with Gasteiger partial charge in [0.05, 0.1) is 70.2 Å². The quantitative estimate of drug-likeness (QED) is 0.0310. The first kappa shape index (κ1) is 47.3. The van der Waals surface area contributed by atoms with Crippen molar-refractivity contribution in [3.8, 4) is 11.8 Å². The smallest absolute Gasteiger partial charge is 0.317 e. The maximum atomic E-state index is 13.0. The summed E-state index contributed by atoms with van der Waals surface area (Å²) in [5.41, 5.74) is 8.61. The fourth-order valence-electron chi connectivity index (χ4n) is 5.73. The molecule has 0 saturated heterocycles. The monoisotopic (exact) mass is 816 g/mol. The van der Waals surface area contributed by atoms with Crippen molar-refractivity contribution in [1.82, 2.24) is 30.0 Å². The average Bonchev–Trinajstić information content (AvgIpc) is 3.18. The SMILES string of the molecule is C.NCCOCCOCCNC(=O)CN(CCN(CCN(CC(=O)O)CC(=O)Nc1ccc(C#Cc2ccc3ccc4cccnc4c3n2)cc1)CC(=O)O)CC(=O)O. The maximum Gasteiger partial charge on any atom is 0.317 e. The Morgan fingerprint density at radius 2 is 1.20 bits per heavy atom. The number of nitrogens with one attached hydrogen (secondary N) is 2. The lowest BCUT2D eigenvalue weighted by molar-refractivity contribution is -0.141. The summed E-state index contributed by atoms with van der Waals surface area (Å²) in [6, 6.07) is 18.4. The van der Waals surface area contributed by atoms with Crippen LogP contribution in [0.15, 0.2) is 66.9 Å². The van der Waals surface area contributed by atoms with E-state index in [2.05, 4.69) is 27.5 Å². The van der Waals surface area contributed by atoms with Crippen LogP contribution in [-0.2, 0) is 33.4 Å². The number of hydrogen-bond acceptors (Lipinski definition) is 13. The Morgan fingerprint density at radius 1 is 0.644 bits per heavy atom. The van der Waals surface area contributed by atoms with E-state index in [-0.39, 0.29) is 59.8 Å². The van der Waals surface area contributed by atoms with Crippen LogP contribution in [0.5, 0.6) is 0 Å². The lowest BCUT2D eigenvalue weighted by atomic mass is 10.1. The van der Waals surface area contributed by atoms with Crippen LogP contribution in [0.1, 0.15) is 18.7 Å². The van der Waals surface area contributed by atoms with Gasteiger partial charge in [-0.15, -0.1) is 0 Å². The van der Waals surface area contributed by atoms with Crippen LogP contribution in [0, 0.1) is 11.8 Å². The van der Waals surface area contributed by atoms with Gasteiger partial charge in [-0.05, 0) is 48.4 Å². The van der Waals surface area contributed by atoms with Crippen molar-refractivity contribution in [2.24, 2.45) is 5.73 Å². The van der Waals surface area contributed by atoms with Gasteiger partial charge in [-0.3, -0.25) is 43.7 Å². The predicted molar refractivity (Wildman–Crippen MR) is 221 cm³/mol. The number of benzene rings is 2. The van der Waals surface area contributed by atoms with E-state index in [0.29, 0.717) is 43.3 Å². The van der Waals surface area contributed by atoms with Crippen molar-refractivity contribution in [2.75, 3.05) is 104 Å². The van der Waals surface area contributed by atoms with Crippen LogP contribution in [0.4, 0.5) is 5.69 Å². The molecule has 7 N–H and O–H groups in total. The van der Waals surface area contributed by atoms with Gasteiger partial charge in [0.15, 0.2) is 0 Å². The zero-order valence-corrected chi connectivity index (χ0v) is 32.0. The number of rotatable bonds is 25. The Morgan fingerprint density at radius 3 is 1.83 bits per heavy atom. The van der Waals surface area contributed by atoms with E-state index >= 15 is 0 Å². The van der Waals surface area contributed by atoms with Gasteiger partial charge in [-0.1, -0.05) is 31.5 Å². The maximum absolute atomic E-state index is 13.0. The Labute approximate surface area is 342 Å². The zero-order valence-electron chi connectivity index (χ0n) is 32.0. The number of fused-ring (bicyclic) bond motifs is 3. The average molecular weight is 817 g/mol. The number of ether oxygens (including phenoxy) is 2. The van der Waals surface area contributed by atoms with E-state index in [1.807, 2.05) is 36.4 Å². The predicted octanol–water partition coefficient (Wildman–Crippen LogP) is 1.03. The molecule has 0 spiro atoms. The molecule has 0 aliphatic heterocycles. The summed E-state index contributed by atoms with van der Waals surface area (Å²) in [7, 11) is 0. The number of aliphatic carboxylic acids is 3. The Bertz CT molecular complexity index is 2070. The molecule has 0 atom stereocenters. The summed E-state index contributed by atoms with van der Waals surface area (Å²) in [6.07, 6.45) is 1.72. The topological polar surface area (TPSA) is 250 Å². The first-order valence-electron chi connectivity index (χ1n) is 18.5. The molecule has 2 aromatic heterocycles. The van der Waals surface area contributed by atoms with Crippen LogP contribution in [0.3, 0.4) is 0 Å².